The molecule has 1 aliphatic rings. The van der Waals surface area contributed by atoms with Gasteiger partial charge in [-0.2, -0.15) is 0 Å². The van der Waals surface area contributed by atoms with Crippen molar-refractivity contribution in [2.45, 2.75) is 58.0 Å². The van der Waals surface area contributed by atoms with Crippen molar-refractivity contribution in [2.75, 3.05) is 6.61 Å². The van der Waals surface area contributed by atoms with E-state index in [-0.39, 0.29) is 11.2 Å². The smallest absolute Gasteiger partial charge is 0.322 e. The molecule has 7 heteroatoms. The SMILES string of the molecule is CCOc1cc(C(C)(C)C)ccc1C1=N[C@@](C)(c2ccc(F)cc2)[C@@](C)(c2ccc(F)cc2)N1C(=O)Cl. The Morgan fingerprint density at radius 2 is 1.49 bits per heavy atom. The second-order valence-electron chi connectivity index (χ2n) is 10.6. The summed E-state index contributed by atoms with van der Waals surface area (Å²) in [5.41, 5.74) is 0.534. The molecule has 1 amide bonds. The highest BCUT2D eigenvalue weighted by molar-refractivity contribution is 6.64. The molecular formula is C30H31ClF2N2O2. The standard InChI is InChI=1S/C30H31ClF2N2O2/c1-7-37-25-18-21(28(2,3)4)12-17-24(25)26-34-29(5,19-8-13-22(32)14-9-19)30(6,35(26)27(31)36)20-10-15-23(33)16-11-20/h8-18H,7H2,1-6H3/t29-,30+/m0/s1. The first-order chi connectivity index (χ1) is 17.3. The molecule has 0 saturated carbocycles. The quantitative estimate of drug-likeness (QED) is 0.251. The summed E-state index contributed by atoms with van der Waals surface area (Å²) in [5.74, 6) is 0.0961. The monoisotopic (exact) mass is 524 g/mol. The molecule has 0 unspecified atom stereocenters. The molecule has 3 aromatic carbocycles. The molecule has 4 nitrogen and oxygen atoms in total. The number of carbonyl (C=O) groups is 1. The molecule has 37 heavy (non-hydrogen) atoms. The molecule has 0 radical (unpaired) electrons. The second kappa shape index (κ2) is 9.56. The van der Waals surface area contributed by atoms with Crippen LogP contribution in [-0.2, 0) is 16.5 Å². The highest BCUT2D eigenvalue weighted by atomic mass is 35.5. The van der Waals surface area contributed by atoms with Crippen LogP contribution in [0.15, 0.2) is 71.7 Å². The van der Waals surface area contributed by atoms with E-state index in [2.05, 4.69) is 20.8 Å². The number of nitrogens with zero attached hydrogens (tertiary/aromatic N) is 2. The third kappa shape index (κ3) is 4.52. The highest BCUT2D eigenvalue weighted by Crippen LogP contribution is 2.54. The molecule has 2 atom stereocenters. The molecule has 0 aliphatic carbocycles. The molecule has 194 valence electrons. The lowest BCUT2D eigenvalue weighted by Crippen LogP contribution is -2.53. The van der Waals surface area contributed by atoms with E-state index in [0.29, 0.717) is 34.9 Å². The number of benzene rings is 3. The number of carbonyl (C=O) groups excluding carboxylic acids is 1. The van der Waals surface area contributed by atoms with E-state index in [0.717, 1.165) is 5.56 Å². The van der Waals surface area contributed by atoms with Crippen molar-refractivity contribution in [1.29, 1.82) is 0 Å². The van der Waals surface area contributed by atoms with Gasteiger partial charge in [-0.15, -0.1) is 0 Å². The lowest BCUT2D eigenvalue weighted by Gasteiger charge is -2.44. The van der Waals surface area contributed by atoms with Crippen molar-refractivity contribution in [1.82, 2.24) is 4.90 Å². The summed E-state index contributed by atoms with van der Waals surface area (Å²) in [5, 5.41) is -0.751. The van der Waals surface area contributed by atoms with Crippen LogP contribution in [0, 0.1) is 11.6 Å². The maximum absolute atomic E-state index is 13.9. The third-order valence-electron chi connectivity index (χ3n) is 7.31. The van der Waals surface area contributed by atoms with Gasteiger partial charge in [0.2, 0.25) is 0 Å². The minimum atomic E-state index is -1.18. The summed E-state index contributed by atoms with van der Waals surface area (Å²) in [6.45, 7) is 12.3. The van der Waals surface area contributed by atoms with Crippen molar-refractivity contribution >= 4 is 22.8 Å². The highest BCUT2D eigenvalue weighted by Gasteiger charge is 2.59. The van der Waals surface area contributed by atoms with E-state index in [9.17, 15) is 13.6 Å². The first kappa shape index (κ1) is 26.8. The molecule has 0 N–H and O–H groups in total. The van der Waals surface area contributed by atoms with Gasteiger partial charge in [0.25, 0.3) is 0 Å². The minimum absolute atomic E-state index is 0.130. The van der Waals surface area contributed by atoms with Crippen LogP contribution in [0.2, 0.25) is 0 Å². The van der Waals surface area contributed by atoms with Gasteiger partial charge in [-0.25, -0.2) is 8.78 Å². The number of halogens is 3. The average Bonchev–Trinajstić information content (AvgIpc) is 3.08. The zero-order chi connectivity index (χ0) is 27.2. The maximum Gasteiger partial charge on any atom is 0.322 e. The lowest BCUT2D eigenvalue weighted by atomic mass is 9.71. The zero-order valence-corrected chi connectivity index (χ0v) is 22.7. The van der Waals surface area contributed by atoms with Gasteiger partial charge in [0, 0.05) is 0 Å². The Hall–Kier alpha value is -3.25. The van der Waals surface area contributed by atoms with Crippen LogP contribution >= 0.6 is 11.6 Å². The van der Waals surface area contributed by atoms with Gasteiger partial charge in [0.1, 0.15) is 34.3 Å². The Kier molecular flexibility index (Phi) is 6.93. The fourth-order valence-corrected chi connectivity index (χ4v) is 5.24. The van der Waals surface area contributed by atoms with Crippen molar-refractivity contribution in [3.63, 3.8) is 0 Å². The first-order valence-corrected chi connectivity index (χ1v) is 12.6. The van der Waals surface area contributed by atoms with Crippen LogP contribution in [0.1, 0.15) is 63.8 Å². The fourth-order valence-electron chi connectivity index (χ4n) is 4.99. The molecule has 1 aliphatic heterocycles. The largest absolute Gasteiger partial charge is 0.493 e. The summed E-state index contributed by atoms with van der Waals surface area (Å²) >= 11 is 6.30. The van der Waals surface area contributed by atoms with Gasteiger partial charge < -0.3 is 4.74 Å². The fraction of sp³-hybridized carbons (Fsp3) is 0.333. The van der Waals surface area contributed by atoms with Crippen LogP contribution in [-0.4, -0.2) is 22.7 Å². The van der Waals surface area contributed by atoms with Crippen molar-refractivity contribution < 1.29 is 18.3 Å². The van der Waals surface area contributed by atoms with Crippen LogP contribution in [0.25, 0.3) is 0 Å². The van der Waals surface area contributed by atoms with Crippen molar-refractivity contribution in [2.24, 2.45) is 4.99 Å². The molecule has 0 saturated heterocycles. The predicted molar refractivity (Wildman–Crippen MR) is 143 cm³/mol. The van der Waals surface area contributed by atoms with Gasteiger partial charge in [0.05, 0.1) is 12.2 Å². The molecule has 1 heterocycles. The van der Waals surface area contributed by atoms with Gasteiger partial charge in [0.15, 0.2) is 0 Å². The predicted octanol–water partition coefficient (Wildman–Crippen LogP) is 7.91. The summed E-state index contributed by atoms with van der Waals surface area (Å²) in [6.07, 6.45) is 0. The number of ether oxygens (including phenoxy) is 1. The number of hydrogen-bond acceptors (Lipinski definition) is 3. The van der Waals surface area contributed by atoms with E-state index in [1.54, 1.807) is 24.3 Å². The lowest BCUT2D eigenvalue weighted by molar-refractivity contribution is 0.149. The summed E-state index contributed by atoms with van der Waals surface area (Å²) in [6, 6.07) is 17.8. The minimum Gasteiger partial charge on any atom is -0.493 e. The number of hydrogen-bond donors (Lipinski definition) is 0. The van der Waals surface area contributed by atoms with E-state index < -0.39 is 22.3 Å². The van der Waals surface area contributed by atoms with Crippen LogP contribution in [0.3, 0.4) is 0 Å². The first-order valence-electron chi connectivity index (χ1n) is 12.2. The number of amidine groups is 1. The molecule has 0 spiro atoms. The van der Waals surface area contributed by atoms with E-state index >= 15 is 0 Å². The Morgan fingerprint density at radius 1 is 0.946 bits per heavy atom. The van der Waals surface area contributed by atoms with E-state index in [4.69, 9.17) is 21.3 Å². The molecule has 0 fully saturated rings. The van der Waals surface area contributed by atoms with Gasteiger partial charge in [-0.3, -0.25) is 14.7 Å². The number of rotatable bonds is 5. The topological polar surface area (TPSA) is 41.9 Å². The van der Waals surface area contributed by atoms with Gasteiger partial charge in [-0.1, -0.05) is 51.1 Å². The Balaban J connectivity index is 2.03. The van der Waals surface area contributed by atoms with E-state index in [1.807, 2.05) is 39.0 Å². The molecule has 0 bridgehead atoms. The van der Waals surface area contributed by atoms with E-state index in [1.165, 1.54) is 29.2 Å². The molecule has 4 rings (SSSR count). The number of aliphatic imine (C=N–C) groups is 1. The van der Waals surface area contributed by atoms with Gasteiger partial charge >= 0.3 is 5.37 Å². The summed E-state index contributed by atoms with van der Waals surface area (Å²) in [4.78, 5) is 19.7. The van der Waals surface area contributed by atoms with Crippen molar-refractivity contribution in [3.8, 4) is 5.75 Å². The van der Waals surface area contributed by atoms with Crippen LogP contribution in [0.5, 0.6) is 5.75 Å². The van der Waals surface area contributed by atoms with Crippen LogP contribution in [0.4, 0.5) is 13.6 Å². The Labute approximate surface area is 221 Å². The summed E-state index contributed by atoms with van der Waals surface area (Å²) in [7, 11) is 0. The van der Waals surface area contributed by atoms with Crippen LogP contribution < -0.4 is 4.74 Å². The maximum atomic E-state index is 13.9. The zero-order valence-electron chi connectivity index (χ0n) is 21.9. The number of amides is 1. The Morgan fingerprint density at radius 3 is 1.97 bits per heavy atom. The molecule has 3 aromatic rings. The molecular weight excluding hydrogens is 494 g/mol. The summed E-state index contributed by atoms with van der Waals surface area (Å²) < 4.78 is 33.9. The third-order valence-corrected chi connectivity index (χ3v) is 7.48. The second-order valence-corrected chi connectivity index (χ2v) is 10.9. The molecule has 0 aromatic heterocycles. The van der Waals surface area contributed by atoms with Crippen molar-refractivity contribution in [3.05, 3.63) is 101 Å². The van der Waals surface area contributed by atoms with Gasteiger partial charge in [-0.05, 0) is 90.9 Å². The normalized spacial score (nSPS) is 21.6. The Bertz CT molecular complexity index is 1350. The average molecular weight is 525 g/mol.